The van der Waals surface area contributed by atoms with Crippen molar-refractivity contribution >= 4 is 29.2 Å². The average Bonchev–Trinajstić information content (AvgIpc) is 2.86. The van der Waals surface area contributed by atoms with Crippen LogP contribution in [-0.4, -0.2) is 32.1 Å². The van der Waals surface area contributed by atoms with Gasteiger partial charge in [0.25, 0.3) is 0 Å². The summed E-state index contributed by atoms with van der Waals surface area (Å²) in [6, 6.07) is 6.65. The van der Waals surface area contributed by atoms with E-state index >= 15 is 0 Å². The molecule has 1 amide bonds. The van der Waals surface area contributed by atoms with Crippen LogP contribution in [0.3, 0.4) is 0 Å². The van der Waals surface area contributed by atoms with E-state index in [2.05, 4.69) is 0 Å². The lowest BCUT2D eigenvalue weighted by atomic mass is 10.1. The van der Waals surface area contributed by atoms with Gasteiger partial charge < -0.3 is 14.4 Å². The summed E-state index contributed by atoms with van der Waals surface area (Å²) in [7, 11) is 1.49. The highest BCUT2D eigenvalue weighted by atomic mass is 35.5. The molecule has 2 rings (SSSR count). The van der Waals surface area contributed by atoms with Gasteiger partial charge in [0.05, 0.1) is 18.7 Å². The normalized spacial score (nSPS) is 17.5. The van der Waals surface area contributed by atoms with Gasteiger partial charge in [-0.15, -0.1) is 0 Å². The molecule has 1 aromatic rings. The van der Waals surface area contributed by atoms with E-state index in [4.69, 9.17) is 26.3 Å². The Bertz CT molecular complexity index is 611. The highest BCUT2D eigenvalue weighted by molar-refractivity contribution is 6.31. The third-order valence-corrected chi connectivity index (χ3v) is 3.40. The summed E-state index contributed by atoms with van der Waals surface area (Å²) >= 11 is 5.95. The Morgan fingerprint density at radius 2 is 2.33 bits per heavy atom. The molecule has 110 valence electrons. The second kappa shape index (κ2) is 6.46. The summed E-state index contributed by atoms with van der Waals surface area (Å²) in [6.07, 6.45) is 0.0416. The topological polar surface area (TPSA) is 79.6 Å². The molecule has 1 saturated heterocycles. The fraction of sp³-hybridized carbons (Fsp3) is 0.357. The van der Waals surface area contributed by atoms with Crippen molar-refractivity contribution in [1.82, 2.24) is 0 Å². The maximum Gasteiger partial charge on any atom is 0.312 e. The standard InChI is InChI=1S/C14H13ClN2O4/c1-20-12-3-2-10(15)7-11(12)17-8-9(6-13(17)18)14(19)21-5-4-16/h2-3,7,9H,5-6,8H2,1H3/t9-/m1/s1. The Morgan fingerprint density at radius 3 is 3.00 bits per heavy atom. The summed E-state index contributed by atoms with van der Waals surface area (Å²) in [5, 5.41) is 8.87. The lowest BCUT2D eigenvalue weighted by molar-refractivity contribution is -0.146. The van der Waals surface area contributed by atoms with Crippen molar-refractivity contribution < 1.29 is 19.1 Å². The molecular weight excluding hydrogens is 296 g/mol. The van der Waals surface area contributed by atoms with Crippen molar-refractivity contribution in [3.63, 3.8) is 0 Å². The fourth-order valence-corrected chi connectivity index (χ4v) is 2.36. The van der Waals surface area contributed by atoms with E-state index < -0.39 is 11.9 Å². The zero-order valence-corrected chi connectivity index (χ0v) is 12.1. The molecule has 0 bridgehead atoms. The number of ether oxygens (including phenoxy) is 2. The number of carbonyl (C=O) groups excluding carboxylic acids is 2. The first kappa shape index (κ1) is 15.1. The second-order valence-corrected chi connectivity index (χ2v) is 4.92. The molecule has 6 nitrogen and oxygen atoms in total. The maximum atomic E-state index is 12.1. The number of halogens is 1. The van der Waals surface area contributed by atoms with Crippen molar-refractivity contribution in [3.05, 3.63) is 23.2 Å². The number of nitrogens with zero attached hydrogens (tertiary/aromatic N) is 2. The number of benzene rings is 1. The van der Waals surface area contributed by atoms with Gasteiger partial charge in [-0.1, -0.05) is 11.6 Å². The SMILES string of the molecule is COc1ccc(Cl)cc1N1C[C@H](C(=O)OCC#N)CC1=O. The first-order chi connectivity index (χ1) is 10.1. The number of amides is 1. The van der Waals surface area contributed by atoms with Crippen molar-refractivity contribution in [2.24, 2.45) is 5.92 Å². The zero-order chi connectivity index (χ0) is 15.4. The van der Waals surface area contributed by atoms with Crippen LogP contribution in [0.2, 0.25) is 5.02 Å². The third kappa shape index (κ3) is 3.26. The van der Waals surface area contributed by atoms with Crippen LogP contribution in [0.15, 0.2) is 18.2 Å². The number of nitriles is 1. The van der Waals surface area contributed by atoms with Crippen LogP contribution < -0.4 is 9.64 Å². The van der Waals surface area contributed by atoms with Crippen molar-refractivity contribution in [3.8, 4) is 11.8 Å². The minimum Gasteiger partial charge on any atom is -0.495 e. The van der Waals surface area contributed by atoms with E-state index in [9.17, 15) is 9.59 Å². The molecule has 1 aliphatic rings. The van der Waals surface area contributed by atoms with Crippen LogP contribution in [0.4, 0.5) is 5.69 Å². The summed E-state index contributed by atoms with van der Waals surface area (Å²) in [4.78, 5) is 25.3. The van der Waals surface area contributed by atoms with Gasteiger partial charge in [-0.05, 0) is 18.2 Å². The van der Waals surface area contributed by atoms with Crippen LogP contribution in [0.5, 0.6) is 5.75 Å². The Labute approximate surface area is 126 Å². The molecule has 1 aliphatic heterocycles. The Balaban J connectivity index is 2.19. The van der Waals surface area contributed by atoms with Crippen LogP contribution >= 0.6 is 11.6 Å². The van der Waals surface area contributed by atoms with Crippen molar-refractivity contribution in [1.29, 1.82) is 5.26 Å². The number of hydrogen-bond donors (Lipinski definition) is 0. The molecule has 0 unspecified atom stereocenters. The summed E-state index contributed by atoms with van der Waals surface area (Å²) in [6.45, 7) is -0.135. The van der Waals surface area contributed by atoms with E-state index in [0.29, 0.717) is 16.5 Å². The number of methoxy groups -OCH3 is 1. The minimum absolute atomic E-state index is 0.0416. The number of rotatable bonds is 4. The van der Waals surface area contributed by atoms with Gasteiger partial charge in [-0.2, -0.15) is 5.26 Å². The van der Waals surface area contributed by atoms with Gasteiger partial charge in [0, 0.05) is 18.0 Å². The monoisotopic (exact) mass is 308 g/mol. The summed E-state index contributed by atoms with van der Waals surface area (Å²) in [5.41, 5.74) is 0.519. The van der Waals surface area contributed by atoms with Gasteiger partial charge in [-0.3, -0.25) is 9.59 Å². The molecule has 1 fully saturated rings. The molecule has 0 aliphatic carbocycles. The first-order valence-electron chi connectivity index (χ1n) is 6.24. The Hall–Kier alpha value is -2.26. The van der Waals surface area contributed by atoms with Crippen LogP contribution in [-0.2, 0) is 14.3 Å². The first-order valence-corrected chi connectivity index (χ1v) is 6.62. The second-order valence-electron chi connectivity index (χ2n) is 4.49. The number of hydrogen-bond acceptors (Lipinski definition) is 5. The van der Waals surface area contributed by atoms with Gasteiger partial charge in [0.1, 0.15) is 11.8 Å². The lowest BCUT2D eigenvalue weighted by Gasteiger charge is -2.19. The maximum absolute atomic E-state index is 12.1. The fourth-order valence-electron chi connectivity index (χ4n) is 2.19. The molecular formula is C14H13ClN2O4. The number of carbonyl (C=O) groups is 2. The van der Waals surface area contributed by atoms with E-state index in [0.717, 1.165) is 0 Å². The predicted octanol–water partition coefficient (Wildman–Crippen LogP) is 1.77. The molecule has 0 aromatic heterocycles. The molecule has 21 heavy (non-hydrogen) atoms. The Morgan fingerprint density at radius 1 is 1.57 bits per heavy atom. The molecule has 0 radical (unpaired) electrons. The highest BCUT2D eigenvalue weighted by Crippen LogP contribution is 2.35. The number of esters is 1. The molecule has 1 aromatic carbocycles. The highest BCUT2D eigenvalue weighted by Gasteiger charge is 2.37. The molecule has 0 N–H and O–H groups in total. The van der Waals surface area contributed by atoms with E-state index in [1.807, 2.05) is 0 Å². The van der Waals surface area contributed by atoms with Gasteiger partial charge in [0.2, 0.25) is 5.91 Å². The average molecular weight is 309 g/mol. The Kier molecular flexibility index (Phi) is 4.66. The molecule has 1 atom stereocenters. The molecule has 0 saturated carbocycles. The largest absolute Gasteiger partial charge is 0.495 e. The van der Waals surface area contributed by atoms with E-state index in [1.165, 1.54) is 12.0 Å². The predicted molar refractivity (Wildman–Crippen MR) is 75.0 cm³/mol. The smallest absolute Gasteiger partial charge is 0.312 e. The third-order valence-electron chi connectivity index (χ3n) is 3.17. The van der Waals surface area contributed by atoms with E-state index in [1.54, 1.807) is 24.3 Å². The molecule has 7 heteroatoms. The van der Waals surface area contributed by atoms with Crippen molar-refractivity contribution in [2.45, 2.75) is 6.42 Å². The van der Waals surface area contributed by atoms with Gasteiger partial charge in [0.15, 0.2) is 6.61 Å². The molecule has 0 spiro atoms. The summed E-state index contributed by atoms with van der Waals surface area (Å²) < 4.78 is 9.96. The van der Waals surface area contributed by atoms with Gasteiger partial charge >= 0.3 is 5.97 Å². The van der Waals surface area contributed by atoms with Crippen molar-refractivity contribution in [2.75, 3.05) is 25.2 Å². The zero-order valence-electron chi connectivity index (χ0n) is 11.3. The van der Waals surface area contributed by atoms with Crippen LogP contribution in [0.25, 0.3) is 0 Å². The van der Waals surface area contributed by atoms with Crippen LogP contribution in [0, 0.1) is 17.2 Å². The summed E-state index contributed by atoms with van der Waals surface area (Å²) in [5.74, 6) is -0.851. The van der Waals surface area contributed by atoms with Crippen LogP contribution in [0.1, 0.15) is 6.42 Å². The lowest BCUT2D eigenvalue weighted by Crippen LogP contribution is -2.26. The number of anilines is 1. The molecule has 1 heterocycles. The minimum atomic E-state index is -0.588. The van der Waals surface area contributed by atoms with E-state index in [-0.39, 0.29) is 25.5 Å². The van der Waals surface area contributed by atoms with Gasteiger partial charge in [-0.25, -0.2) is 0 Å². The quantitative estimate of drug-likeness (QED) is 0.792.